The monoisotopic (exact) mass is 275 g/mol. The van der Waals surface area contributed by atoms with Crippen LogP contribution in [0.3, 0.4) is 0 Å². The number of rotatable bonds is 4. The highest BCUT2D eigenvalue weighted by Crippen LogP contribution is 2.39. The van der Waals surface area contributed by atoms with Crippen LogP contribution in [-0.4, -0.2) is 20.7 Å². The molecule has 0 amide bonds. The number of nitro groups is 1. The summed E-state index contributed by atoms with van der Waals surface area (Å²) in [4.78, 5) is 21.5. The Hall–Kier alpha value is -1.27. The molecule has 92 valence electrons. The predicted octanol–water partition coefficient (Wildman–Crippen LogP) is 3.20. The highest BCUT2D eigenvalue weighted by atomic mass is 35.5. The van der Waals surface area contributed by atoms with Gasteiger partial charge >= 0.3 is 5.97 Å². The van der Waals surface area contributed by atoms with Crippen LogP contribution in [0.15, 0.2) is 23.1 Å². The molecule has 0 unspecified atom stereocenters. The maximum absolute atomic E-state index is 11.0. The number of nitro benzene ring substituents is 1. The van der Waals surface area contributed by atoms with Crippen LogP contribution in [0.4, 0.5) is 5.69 Å². The smallest absolute Gasteiger partial charge is 0.319 e. The molecular weight excluding hydrogens is 266 g/mol. The molecule has 1 aromatic carbocycles. The Labute approximate surface area is 107 Å². The molecule has 0 saturated heterocycles. The number of nitrogens with zero attached hydrogens (tertiary/aromatic N) is 1. The predicted molar refractivity (Wildman–Crippen MR) is 65.7 cm³/mol. The molecule has 0 aromatic heterocycles. The zero-order valence-corrected chi connectivity index (χ0v) is 10.7. The molecule has 0 aliphatic rings. The molecule has 17 heavy (non-hydrogen) atoms. The minimum atomic E-state index is -1.14. The van der Waals surface area contributed by atoms with Gasteiger partial charge in [0.05, 0.1) is 9.82 Å². The van der Waals surface area contributed by atoms with Crippen LogP contribution in [-0.2, 0) is 4.79 Å². The van der Waals surface area contributed by atoms with Crippen molar-refractivity contribution in [2.24, 2.45) is 0 Å². The molecule has 7 heteroatoms. The Kier molecular flexibility index (Phi) is 4.00. The molecule has 0 atom stereocenters. The minimum absolute atomic E-state index is 0.183. The topological polar surface area (TPSA) is 80.4 Å². The second-order valence-corrected chi connectivity index (χ2v) is 5.89. The van der Waals surface area contributed by atoms with E-state index in [0.717, 1.165) is 11.8 Å². The van der Waals surface area contributed by atoms with Crippen LogP contribution < -0.4 is 0 Å². The van der Waals surface area contributed by atoms with Crippen molar-refractivity contribution in [1.82, 2.24) is 0 Å². The third-order valence-corrected chi connectivity index (χ3v) is 3.48. The molecule has 1 aromatic rings. The second-order valence-electron chi connectivity index (χ2n) is 3.79. The maximum atomic E-state index is 11.0. The quantitative estimate of drug-likeness (QED) is 0.518. The number of aliphatic carboxylic acids is 1. The molecule has 0 fully saturated rings. The lowest BCUT2D eigenvalue weighted by molar-refractivity contribution is -0.387. The third kappa shape index (κ3) is 3.34. The van der Waals surface area contributed by atoms with Gasteiger partial charge in [-0.2, -0.15) is 0 Å². The Bertz CT molecular complexity index is 475. The highest BCUT2D eigenvalue weighted by molar-refractivity contribution is 8.01. The lowest BCUT2D eigenvalue weighted by atomic mass is 10.2. The van der Waals surface area contributed by atoms with Gasteiger partial charge in [0.15, 0.2) is 0 Å². The largest absolute Gasteiger partial charge is 0.480 e. The molecule has 0 aliphatic carbocycles. The van der Waals surface area contributed by atoms with Gasteiger partial charge in [0.1, 0.15) is 4.75 Å². The van der Waals surface area contributed by atoms with Crippen LogP contribution in [0.1, 0.15) is 13.8 Å². The number of hydrogen-bond acceptors (Lipinski definition) is 4. The first-order valence-corrected chi connectivity index (χ1v) is 5.80. The summed E-state index contributed by atoms with van der Waals surface area (Å²) < 4.78 is -1.14. The molecule has 1 N–H and O–H groups in total. The number of carboxylic acids is 1. The van der Waals surface area contributed by atoms with Gasteiger partial charge in [-0.15, -0.1) is 11.8 Å². The molecule has 1 rings (SSSR count). The van der Waals surface area contributed by atoms with Crippen LogP contribution in [0.2, 0.25) is 5.02 Å². The van der Waals surface area contributed by atoms with E-state index in [0.29, 0.717) is 0 Å². The average Bonchev–Trinajstić information content (AvgIpc) is 2.19. The van der Waals surface area contributed by atoms with Gasteiger partial charge in [-0.05, 0) is 26.0 Å². The van der Waals surface area contributed by atoms with E-state index in [1.54, 1.807) is 0 Å². The van der Waals surface area contributed by atoms with Crippen LogP contribution in [0.5, 0.6) is 0 Å². The van der Waals surface area contributed by atoms with Crippen molar-refractivity contribution < 1.29 is 14.8 Å². The lowest BCUT2D eigenvalue weighted by Crippen LogP contribution is -2.27. The first-order valence-electron chi connectivity index (χ1n) is 4.60. The Morgan fingerprint density at radius 2 is 2.12 bits per heavy atom. The van der Waals surface area contributed by atoms with Crippen molar-refractivity contribution in [1.29, 1.82) is 0 Å². The van der Waals surface area contributed by atoms with Gasteiger partial charge in [0, 0.05) is 11.1 Å². The summed E-state index contributed by atoms with van der Waals surface area (Å²) in [7, 11) is 0. The maximum Gasteiger partial charge on any atom is 0.319 e. The molecule has 5 nitrogen and oxygen atoms in total. The van der Waals surface area contributed by atoms with Crippen molar-refractivity contribution in [2.75, 3.05) is 0 Å². The van der Waals surface area contributed by atoms with Crippen LogP contribution in [0, 0.1) is 10.1 Å². The summed E-state index contributed by atoms with van der Waals surface area (Å²) in [5.74, 6) is -1.04. The summed E-state index contributed by atoms with van der Waals surface area (Å²) >= 11 is 6.58. The molecule has 0 radical (unpaired) electrons. The molecular formula is C10H10ClNO4S. The van der Waals surface area contributed by atoms with E-state index < -0.39 is 15.6 Å². The number of carbonyl (C=O) groups is 1. The van der Waals surface area contributed by atoms with Crippen LogP contribution in [0.25, 0.3) is 0 Å². The van der Waals surface area contributed by atoms with E-state index in [1.165, 1.54) is 32.0 Å². The summed E-state index contributed by atoms with van der Waals surface area (Å²) in [6.45, 7) is 2.97. The first-order chi connectivity index (χ1) is 7.74. The minimum Gasteiger partial charge on any atom is -0.480 e. The SMILES string of the molecule is CC(C)(Sc1ccc(Cl)cc1[N+](=O)[O-])C(=O)O. The van der Waals surface area contributed by atoms with E-state index >= 15 is 0 Å². The van der Waals surface area contributed by atoms with Gasteiger partial charge in [-0.3, -0.25) is 14.9 Å². The molecule has 0 saturated carbocycles. The number of thioether (sulfide) groups is 1. The van der Waals surface area contributed by atoms with Crippen molar-refractivity contribution in [3.8, 4) is 0 Å². The van der Waals surface area contributed by atoms with Gasteiger partial charge < -0.3 is 5.11 Å². The Balaban J connectivity index is 3.15. The fourth-order valence-electron chi connectivity index (χ4n) is 1.04. The van der Waals surface area contributed by atoms with Crippen molar-refractivity contribution in [3.63, 3.8) is 0 Å². The molecule has 0 spiro atoms. The van der Waals surface area contributed by atoms with Crippen molar-refractivity contribution >= 4 is 35.0 Å². The van der Waals surface area contributed by atoms with Crippen molar-refractivity contribution in [3.05, 3.63) is 33.3 Å². The second kappa shape index (κ2) is 4.93. The van der Waals surface area contributed by atoms with Gasteiger partial charge in [0.2, 0.25) is 0 Å². The molecule has 0 bridgehead atoms. The fraction of sp³-hybridized carbons (Fsp3) is 0.300. The van der Waals surface area contributed by atoms with E-state index in [1.807, 2.05) is 0 Å². The lowest BCUT2D eigenvalue weighted by Gasteiger charge is -2.18. The summed E-state index contributed by atoms with van der Waals surface area (Å²) in [5, 5.41) is 20.0. The average molecular weight is 276 g/mol. The first kappa shape index (κ1) is 13.8. The van der Waals surface area contributed by atoms with Crippen molar-refractivity contribution in [2.45, 2.75) is 23.5 Å². The number of benzene rings is 1. The highest BCUT2D eigenvalue weighted by Gasteiger charge is 2.31. The van der Waals surface area contributed by atoms with Crippen LogP contribution >= 0.6 is 23.4 Å². The standard InChI is InChI=1S/C10H10ClNO4S/c1-10(2,9(13)14)17-8-4-3-6(11)5-7(8)12(15)16/h3-5H,1-2H3,(H,13,14). The fourth-order valence-corrected chi connectivity index (χ4v) is 2.22. The number of halogens is 1. The summed E-state index contributed by atoms with van der Waals surface area (Å²) in [6, 6.07) is 4.16. The zero-order chi connectivity index (χ0) is 13.2. The molecule has 0 aliphatic heterocycles. The van der Waals surface area contributed by atoms with E-state index in [4.69, 9.17) is 16.7 Å². The summed E-state index contributed by atoms with van der Waals surface area (Å²) in [6.07, 6.45) is 0. The van der Waals surface area contributed by atoms with Gasteiger partial charge in [0.25, 0.3) is 5.69 Å². The zero-order valence-electron chi connectivity index (χ0n) is 9.14. The van der Waals surface area contributed by atoms with Gasteiger partial charge in [-0.1, -0.05) is 11.6 Å². The number of carboxylic acid groups (broad SMARTS) is 1. The summed E-state index contributed by atoms with van der Waals surface area (Å²) in [5.41, 5.74) is -0.183. The van der Waals surface area contributed by atoms with E-state index in [2.05, 4.69) is 0 Å². The Morgan fingerprint density at radius 1 is 1.53 bits per heavy atom. The number of hydrogen-bond donors (Lipinski definition) is 1. The third-order valence-electron chi connectivity index (χ3n) is 2.00. The molecule has 0 heterocycles. The van der Waals surface area contributed by atoms with E-state index in [-0.39, 0.29) is 15.6 Å². The van der Waals surface area contributed by atoms with Gasteiger partial charge in [-0.25, -0.2) is 0 Å². The normalized spacial score (nSPS) is 11.2. The Morgan fingerprint density at radius 3 is 2.59 bits per heavy atom. The van der Waals surface area contributed by atoms with E-state index in [9.17, 15) is 14.9 Å².